The fourth-order valence-corrected chi connectivity index (χ4v) is 5.77. The van der Waals surface area contributed by atoms with Crippen LogP contribution in [0, 0.1) is 0 Å². The second-order valence-electron chi connectivity index (χ2n) is 6.76. The lowest BCUT2D eigenvalue weighted by Gasteiger charge is -2.51. The van der Waals surface area contributed by atoms with Gasteiger partial charge in [-0.3, -0.25) is 24.1 Å². The smallest absolute Gasteiger partial charge is 0.352 e. The van der Waals surface area contributed by atoms with E-state index in [1.165, 1.54) is 19.4 Å². The number of ether oxygens (including phenoxy) is 1. The minimum Gasteiger partial charge on any atom is -0.477 e. The van der Waals surface area contributed by atoms with E-state index in [2.05, 4.69) is 25.6 Å². The molecular weight excluding hydrogens is 478 g/mol. The van der Waals surface area contributed by atoms with Crippen molar-refractivity contribution >= 4 is 64.1 Å². The predicted molar refractivity (Wildman–Crippen MR) is 116 cm³/mol. The first-order valence-corrected chi connectivity index (χ1v) is 11.1. The van der Waals surface area contributed by atoms with Crippen LogP contribution in [0.25, 0.3) is 0 Å². The SMILES string of the molecule is CON=CC(=O)NC1(c2csc(NC(C)=O)n2)S[C@@H]2CC(=O)N2C(C(=O)O)=C1COC(C)=O. The number of β-lactam (4-membered cyclic amide) rings is 1. The summed E-state index contributed by atoms with van der Waals surface area (Å²) in [5.74, 6) is -3.72. The van der Waals surface area contributed by atoms with E-state index in [-0.39, 0.29) is 28.7 Å². The Morgan fingerprint density at radius 3 is 2.70 bits per heavy atom. The van der Waals surface area contributed by atoms with Crippen molar-refractivity contribution in [3.8, 4) is 0 Å². The highest BCUT2D eigenvalue weighted by Crippen LogP contribution is 2.54. The first-order chi connectivity index (χ1) is 15.6. The third-order valence-electron chi connectivity index (χ3n) is 4.52. The van der Waals surface area contributed by atoms with Crippen LogP contribution in [0.15, 0.2) is 21.8 Å². The number of amides is 3. The number of thioether (sulfide) groups is 1. The van der Waals surface area contributed by atoms with E-state index in [1.807, 2.05) is 0 Å². The second-order valence-corrected chi connectivity index (χ2v) is 9.01. The summed E-state index contributed by atoms with van der Waals surface area (Å²) in [6, 6.07) is 0. The van der Waals surface area contributed by atoms with E-state index in [4.69, 9.17) is 4.74 Å². The summed E-state index contributed by atoms with van der Waals surface area (Å²) in [4.78, 5) is 68.4. The molecule has 0 aromatic carbocycles. The number of oxime groups is 1. The summed E-state index contributed by atoms with van der Waals surface area (Å²) in [5.41, 5.74) is -0.340. The Balaban J connectivity index is 2.23. The molecule has 176 valence electrons. The molecule has 3 N–H and O–H groups in total. The topological polar surface area (TPSA) is 177 Å². The van der Waals surface area contributed by atoms with Crippen molar-refractivity contribution in [3.63, 3.8) is 0 Å². The lowest BCUT2D eigenvalue weighted by molar-refractivity contribution is -0.146. The molecule has 1 saturated heterocycles. The maximum Gasteiger partial charge on any atom is 0.352 e. The van der Waals surface area contributed by atoms with E-state index in [0.717, 1.165) is 41.1 Å². The number of thiazole rings is 1. The third kappa shape index (κ3) is 4.83. The van der Waals surface area contributed by atoms with Gasteiger partial charge in [0.1, 0.15) is 25.6 Å². The van der Waals surface area contributed by atoms with Crippen LogP contribution in [0.1, 0.15) is 26.0 Å². The summed E-state index contributed by atoms with van der Waals surface area (Å²) < 4.78 is 5.10. The molecule has 3 rings (SSSR count). The molecule has 33 heavy (non-hydrogen) atoms. The largest absolute Gasteiger partial charge is 0.477 e. The molecule has 3 heterocycles. The van der Waals surface area contributed by atoms with Crippen molar-refractivity contribution in [2.24, 2.45) is 5.16 Å². The van der Waals surface area contributed by atoms with Crippen LogP contribution in [-0.4, -0.2) is 70.0 Å². The number of carbonyl (C=O) groups is 5. The first kappa shape index (κ1) is 24.2. The summed E-state index contributed by atoms with van der Waals surface area (Å²) in [5, 5.41) is 19.7. The van der Waals surface area contributed by atoms with Gasteiger partial charge in [-0.05, 0) is 0 Å². The van der Waals surface area contributed by atoms with E-state index in [0.29, 0.717) is 0 Å². The van der Waals surface area contributed by atoms with E-state index >= 15 is 0 Å². The van der Waals surface area contributed by atoms with Gasteiger partial charge in [-0.15, -0.1) is 11.3 Å². The van der Waals surface area contributed by atoms with Crippen LogP contribution in [0.4, 0.5) is 5.13 Å². The summed E-state index contributed by atoms with van der Waals surface area (Å²) >= 11 is 2.10. The van der Waals surface area contributed by atoms with Gasteiger partial charge in [0.25, 0.3) is 5.91 Å². The number of nitrogens with one attached hydrogen (secondary N) is 2. The zero-order valence-electron chi connectivity index (χ0n) is 17.6. The Labute approximate surface area is 195 Å². The van der Waals surface area contributed by atoms with Gasteiger partial charge in [0.15, 0.2) is 10.0 Å². The van der Waals surface area contributed by atoms with E-state index in [1.54, 1.807) is 0 Å². The van der Waals surface area contributed by atoms with Gasteiger partial charge in [0.05, 0.1) is 17.5 Å². The summed E-state index contributed by atoms with van der Waals surface area (Å²) in [6.45, 7) is 1.88. The maximum atomic E-state index is 12.7. The third-order valence-corrected chi connectivity index (χ3v) is 6.83. The minimum absolute atomic E-state index is 0.0226. The van der Waals surface area contributed by atoms with Crippen LogP contribution >= 0.6 is 23.1 Å². The second kappa shape index (κ2) is 9.58. The Bertz CT molecular complexity index is 1080. The number of fused-ring (bicyclic) bond motifs is 1. The Kier molecular flexibility index (Phi) is 7.02. The molecule has 0 bridgehead atoms. The Morgan fingerprint density at radius 1 is 1.39 bits per heavy atom. The number of nitrogens with zero attached hydrogens (tertiary/aromatic N) is 3. The molecule has 2 aliphatic rings. The molecule has 0 aliphatic carbocycles. The number of hydrogen-bond donors (Lipinski definition) is 3. The van der Waals surface area contributed by atoms with Gasteiger partial charge in [-0.25, -0.2) is 9.78 Å². The molecule has 13 nitrogen and oxygen atoms in total. The molecule has 1 fully saturated rings. The fraction of sp³-hybridized carbons (Fsp3) is 0.389. The van der Waals surface area contributed by atoms with Crippen molar-refractivity contribution in [1.82, 2.24) is 15.2 Å². The number of carboxylic acid groups (broad SMARTS) is 1. The number of anilines is 1. The average Bonchev–Trinajstić information content (AvgIpc) is 3.18. The van der Waals surface area contributed by atoms with Crippen LogP contribution in [-0.2, 0) is 38.4 Å². The number of carboxylic acids is 1. The zero-order valence-corrected chi connectivity index (χ0v) is 19.2. The fourth-order valence-electron chi connectivity index (χ4n) is 3.25. The lowest BCUT2D eigenvalue weighted by Crippen LogP contribution is -2.61. The van der Waals surface area contributed by atoms with Crippen molar-refractivity contribution in [1.29, 1.82) is 0 Å². The molecule has 2 atom stereocenters. The van der Waals surface area contributed by atoms with Gasteiger partial charge in [-0.2, -0.15) is 0 Å². The molecule has 0 spiro atoms. The Morgan fingerprint density at radius 2 is 2.12 bits per heavy atom. The van der Waals surface area contributed by atoms with Crippen LogP contribution < -0.4 is 10.6 Å². The number of rotatable bonds is 8. The van der Waals surface area contributed by atoms with Crippen LogP contribution in [0.2, 0.25) is 0 Å². The molecule has 3 amide bonds. The quantitative estimate of drug-likeness (QED) is 0.195. The highest BCUT2D eigenvalue weighted by Gasteiger charge is 2.57. The first-order valence-electron chi connectivity index (χ1n) is 9.31. The van der Waals surface area contributed by atoms with Crippen LogP contribution in [0.5, 0.6) is 0 Å². The summed E-state index contributed by atoms with van der Waals surface area (Å²) in [7, 11) is 1.24. The zero-order chi connectivity index (χ0) is 24.3. The number of aliphatic carboxylic acids is 1. The molecule has 2 aliphatic heterocycles. The molecular formula is C18H19N5O8S2. The van der Waals surface area contributed by atoms with E-state index in [9.17, 15) is 29.1 Å². The maximum absolute atomic E-state index is 12.7. The molecule has 0 saturated carbocycles. The number of hydrogen-bond acceptors (Lipinski definition) is 11. The lowest BCUT2D eigenvalue weighted by atomic mass is 9.97. The van der Waals surface area contributed by atoms with Crippen molar-refractivity contribution in [2.75, 3.05) is 19.0 Å². The highest BCUT2D eigenvalue weighted by molar-refractivity contribution is 8.01. The number of carbonyl (C=O) groups excluding carboxylic acids is 4. The molecule has 1 aromatic heterocycles. The molecule has 1 aromatic rings. The van der Waals surface area contributed by atoms with Gasteiger partial charge < -0.3 is 25.3 Å². The Hall–Kier alpha value is -3.46. The molecule has 0 radical (unpaired) electrons. The highest BCUT2D eigenvalue weighted by atomic mass is 32.2. The van der Waals surface area contributed by atoms with Gasteiger partial charge >= 0.3 is 11.9 Å². The van der Waals surface area contributed by atoms with Crippen molar-refractivity contribution in [3.05, 3.63) is 22.3 Å². The van der Waals surface area contributed by atoms with E-state index < -0.39 is 46.3 Å². The van der Waals surface area contributed by atoms with Gasteiger partial charge in [-0.1, -0.05) is 16.9 Å². The molecule has 1 unspecified atom stereocenters. The van der Waals surface area contributed by atoms with Crippen molar-refractivity contribution < 1.29 is 38.7 Å². The average molecular weight is 498 g/mol. The number of aromatic nitrogens is 1. The number of esters is 1. The van der Waals surface area contributed by atoms with Crippen molar-refractivity contribution in [2.45, 2.75) is 30.5 Å². The van der Waals surface area contributed by atoms with Crippen LogP contribution in [0.3, 0.4) is 0 Å². The summed E-state index contributed by atoms with van der Waals surface area (Å²) in [6.07, 6.45) is 0.861. The normalized spacial score (nSPS) is 21.8. The minimum atomic E-state index is -1.66. The predicted octanol–water partition coefficient (Wildman–Crippen LogP) is 0.210. The van der Waals surface area contributed by atoms with Gasteiger partial charge in [0, 0.05) is 24.8 Å². The monoisotopic (exact) mass is 497 g/mol. The van der Waals surface area contributed by atoms with Gasteiger partial charge in [0.2, 0.25) is 11.8 Å². The standard InChI is InChI=1S/C18H19N5O8S2/c1-8(24)20-17-21-11(7-32-17)18(22-12(26)5-19-30-3)10(6-31-9(2)25)15(16(28)29)23-13(27)4-14(23)33-18/h5,7,14H,4,6H2,1-3H3,(H,22,26)(H,28,29)(H,20,21,24)/t14-,18?/m1/s1. The molecule has 15 heteroatoms.